The molecule has 1 aliphatic carbocycles. The number of benzene rings is 1. The average molecular weight is 445 g/mol. The standard InChI is InChI=1S/C23H32N4O5/c1-29-20-5-3-4-17(22(20)30-2)14-27(9-8-26-10-12-31-13-11-26)15-21-25-19(16-32-21)23(28)24-18-6-7-18/h3-5,16,18H,6-15H2,1-2H3,(H,24,28). The normalized spacial score (nSPS) is 16.8. The van der Waals surface area contributed by atoms with Gasteiger partial charge >= 0.3 is 0 Å². The van der Waals surface area contributed by atoms with Gasteiger partial charge in [-0.15, -0.1) is 0 Å². The first kappa shape index (κ1) is 22.6. The van der Waals surface area contributed by atoms with Crippen LogP contribution in [0, 0.1) is 0 Å². The number of carbonyl (C=O) groups is 1. The van der Waals surface area contributed by atoms with Crippen LogP contribution < -0.4 is 14.8 Å². The summed E-state index contributed by atoms with van der Waals surface area (Å²) in [7, 11) is 3.29. The molecule has 1 aliphatic heterocycles. The Morgan fingerprint density at radius 1 is 1.22 bits per heavy atom. The first-order valence-electron chi connectivity index (χ1n) is 11.1. The molecular weight excluding hydrogens is 412 g/mol. The summed E-state index contributed by atoms with van der Waals surface area (Å²) in [6.45, 7) is 6.24. The van der Waals surface area contributed by atoms with E-state index >= 15 is 0 Å². The van der Waals surface area contributed by atoms with Gasteiger partial charge in [0.1, 0.15) is 6.26 Å². The molecule has 1 aromatic heterocycles. The summed E-state index contributed by atoms with van der Waals surface area (Å²) < 4.78 is 22.2. The van der Waals surface area contributed by atoms with E-state index in [0.29, 0.717) is 30.4 Å². The van der Waals surface area contributed by atoms with Crippen molar-refractivity contribution in [2.24, 2.45) is 0 Å². The van der Waals surface area contributed by atoms with Crippen molar-refractivity contribution in [2.45, 2.75) is 32.0 Å². The minimum absolute atomic E-state index is 0.170. The molecule has 1 N–H and O–H groups in total. The number of aromatic nitrogens is 1. The van der Waals surface area contributed by atoms with Crippen LogP contribution in [0.3, 0.4) is 0 Å². The van der Waals surface area contributed by atoms with Crippen LogP contribution in [0.1, 0.15) is 34.8 Å². The van der Waals surface area contributed by atoms with E-state index in [1.54, 1.807) is 14.2 Å². The van der Waals surface area contributed by atoms with Gasteiger partial charge in [0.25, 0.3) is 5.91 Å². The van der Waals surface area contributed by atoms with Crippen molar-refractivity contribution in [1.29, 1.82) is 0 Å². The highest BCUT2D eigenvalue weighted by molar-refractivity contribution is 5.92. The quantitative estimate of drug-likeness (QED) is 0.562. The van der Waals surface area contributed by atoms with Gasteiger partial charge in [0.05, 0.1) is 34.0 Å². The third kappa shape index (κ3) is 5.99. The first-order valence-corrected chi connectivity index (χ1v) is 11.1. The fourth-order valence-electron chi connectivity index (χ4n) is 3.81. The molecule has 0 unspecified atom stereocenters. The van der Waals surface area contributed by atoms with E-state index in [0.717, 1.165) is 63.5 Å². The summed E-state index contributed by atoms with van der Waals surface area (Å²) in [5, 5.41) is 2.95. The van der Waals surface area contributed by atoms with E-state index < -0.39 is 0 Å². The minimum Gasteiger partial charge on any atom is -0.493 e. The molecule has 0 radical (unpaired) electrons. The molecule has 0 bridgehead atoms. The first-order chi connectivity index (χ1) is 15.7. The van der Waals surface area contributed by atoms with Crippen molar-refractivity contribution in [3.63, 3.8) is 0 Å². The Hall–Kier alpha value is -2.62. The lowest BCUT2D eigenvalue weighted by Gasteiger charge is -2.30. The monoisotopic (exact) mass is 444 g/mol. The third-order valence-corrected chi connectivity index (χ3v) is 5.77. The second-order valence-electron chi connectivity index (χ2n) is 8.19. The molecule has 2 aliphatic rings. The number of amides is 1. The van der Waals surface area contributed by atoms with Crippen molar-refractivity contribution in [1.82, 2.24) is 20.1 Å². The zero-order valence-corrected chi connectivity index (χ0v) is 18.8. The molecule has 0 atom stereocenters. The summed E-state index contributed by atoms with van der Waals surface area (Å²) in [5.41, 5.74) is 1.35. The average Bonchev–Trinajstić information content (AvgIpc) is 3.51. The smallest absolute Gasteiger partial charge is 0.273 e. The molecule has 4 rings (SSSR count). The molecule has 2 fully saturated rings. The lowest BCUT2D eigenvalue weighted by atomic mass is 10.1. The van der Waals surface area contributed by atoms with Crippen LogP contribution in [-0.4, -0.2) is 80.3 Å². The lowest BCUT2D eigenvalue weighted by Crippen LogP contribution is -2.41. The van der Waals surface area contributed by atoms with E-state index in [4.69, 9.17) is 18.6 Å². The fourth-order valence-corrected chi connectivity index (χ4v) is 3.81. The number of morpholine rings is 1. The van der Waals surface area contributed by atoms with E-state index in [1.165, 1.54) is 6.26 Å². The molecule has 2 aromatic rings. The van der Waals surface area contributed by atoms with Gasteiger partial charge in [0.15, 0.2) is 17.2 Å². The Balaban J connectivity index is 1.46. The maximum Gasteiger partial charge on any atom is 0.273 e. The number of para-hydroxylation sites is 1. The van der Waals surface area contributed by atoms with Gasteiger partial charge in [-0.3, -0.25) is 14.6 Å². The predicted molar refractivity (Wildman–Crippen MR) is 118 cm³/mol. The van der Waals surface area contributed by atoms with Gasteiger partial charge in [0, 0.05) is 44.3 Å². The highest BCUT2D eigenvalue weighted by atomic mass is 16.5. The van der Waals surface area contributed by atoms with Gasteiger partial charge in [-0.05, 0) is 18.9 Å². The van der Waals surface area contributed by atoms with Gasteiger partial charge in [-0.2, -0.15) is 0 Å². The number of rotatable bonds is 11. The minimum atomic E-state index is -0.170. The number of methoxy groups -OCH3 is 2. The second kappa shape index (κ2) is 10.8. The molecule has 9 heteroatoms. The molecule has 1 amide bonds. The van der Waals surface area contributed by atoms with Crippen LogP contribution in [-0.2, 0) is 17.8 Å². The maximum atomic E-state index is 12.3. The van der Waals surface area contributed by atoms with Crippen LogP contribution in [0.25, 0.3) is 0 Å². The number of nitrogens with one attached hydrogen (secondary N) is 1. The summed E-state index contributed by atoms with van der Waals surface area (Å²) in [6.07, 6.45) is 3.52. The van der Waals surface area contributed by atoms with Crippen molar-refractivity contribution in [2.75, 3.05) is 53.6 Å². The molecule has 1 saturated heterocycles. The zero-order valence-electron chi connectivity index (χ0n) is 18.8. The summed E-state index contributed by atoms with van der Waals surface area (Å²) in [5.74, 6) is 1.78. The largest absolute Gasteiger partial charge is 0.493 e. The van der Waals surface area contributed by atoms with Crippen LogP contribution >= 0.6 is 0 Å². The predicted octanol–water partition coefficient (Wildman–Crippen LogP) is 1.92. The molecular formula is C23H32N4O5. The molecule has 174 valence electrons. The van der Waals surface area contributed by atoms with Crippen LogP contribution in [0.4, 0.5) is 0 Å². The molecule has 32 heavy (non-hydrogen) atoms. The van der Waals surface area contributed by atoms with Crippen LogP contribution in [0.15, 0.2) is 28.9 Å². The van der Waals surface area contributed by atoms with E-state index in [2.05, 4.69) is 20.1 Å². The zero-order chi connectivity index (χ0) is 22.3. The summed E-state index contributed by atoms with van der Waals surface area (Å²) in [4.78, 5) is 21.4. The number of oxazole rings is 1. The SMILES string of the molecule is COc1cccc(CN(CCN2CCOCC2)Cc2nc(C(=O)NC3CC3)co2)c1OC. The number of hydrogen-bond donors (Lipinski definition) is 1. The Morgan fingerprint density at radius 2 is 2.03 bits per heavy atom. The molecule has 1 aromatic carbocycles. The van der Waals surface area contributed by atoms with Gasteiger partial charge in [-0.1, -0.05) is 12.1 Å². The maximum absolute atomic E-state index is 12.3. The van der Waals surface area contributed by atoms with Crippen molar-refractivity contribution in [3.05, 3.63) is 41.6 Å². The van der Waals surface area contributed by atoms with Crippen molar-refractivity contribution in [3.8, 4) is 11.5 Å². The summed E-state index contributed by atoms with van der Waals surface area (Å²) >= 11 is 0. The van der Waals surface area contributed by atoms with Gasteiger partial charge < -0.3 is 23.9 Å². The van der Waals surface area contributed by atoms with Gasteiger partial charge in [-0.25, -0.2) is 4.98 Å². The molecule has 1 saturated carbocycles. The molecule has 0 spiro atoms. The van der Waals surface area contributed by atoms with Crippen LogP contribution in [0.5, 0.6) is 11.5 Å². The highest BCUT2D eigenvalue weighted by Crippen LogP contribution is 2.31. The lowest BCUT2D eigenvalue weighted by molar-refractivity contribution is 0.0320. The van der Waals surface area contributed by atoms with E-state index in [-0.39, 0.29) is 11.9 Å². The highest BCUT2D eigenvalue weighted by Gasteiger charge is 2.25. The Kier molecular flexibility index (Phi) is 7.62. The van der Waals surface area contributed by atoms with Gasteiger partial charge in [0.2, 0.25) is 5.89 Å². The van der Waals surface area contributed by atoms with Crippen molar-refractivity contribution >= 4 is 5.91 Å². The fraction of sp³-hybridized carbons (Fsp3) is 0.565. The van der Waals surface area contributed by atoms with E-state index in [1.807, 2.05) is 18.2 Å². The Labute approximate surface area is 188 Å². The van der Waals surface area contributed by atoms with E-state index in [9.17, 15) is 4.79 Å². The number of nitrogens with zero attached hydrogens (tertiary/aromatic N) is 3. The molecule has 2 heterocycles. The number of hydrogen-bond acceptors (Lipinski definition) is 8. The second-order valence-corrected chi connectivity index (χ2v) is 8.19. The summed E-state index contributed by atoms with van der Waals surface area (Å²) in [6, 6.07) is 6.17. The van der Waals surface area contributed by atoms with Crippen molar-refractivity contribution < 1.29 is 23.4 Å². The number of carbonyl (C=O) groups excluding carboxylic acids is 1. The number of ether oxygens (including phenoxy) is 3. The molecule has 9 nitrogen and oxygen atoms in total. The Bertz CT molecular complexity index is 892. The topological polar surface area (TPSA) is 89.3 Å². The van der Waals surface area contributed by atoms with Crippen LogP contribution in [0.2, 0.25) is 0 Å². The Morgan fingerprint density at radius 3 is 2.75 bits per heavy atom. The third-order valence-electron chi connectivity index (χ3n) is 5.77.